The summed E-state index contributed by atoms with van der Waals surface area (Å²) in [6, 6.07) is 10.2. The van der Waals surface area contributed by atoms with Crippen LogP contribution in [0.3, 0.4) is 0 Å². The number of benzene rings is 1. The average molecular weight is 289 g/mol. The predicted molar refractivity (Wildman–Crippen MR) is 83.0 cm³/mol. The Balaban J connectivity index is 2.48. The summed E-state index contributed by atoms with van der Waals surface area (Å²) in [6.45, 7) is 4.21. The van der Waals surface area contributed by atoms with Gasteiger partial charge in [-0.15, -0.1) is 11.3 Å². The van der Waals surface area contributed by atoms with Crippen LogP contribution in [0, 0.1) is 6.92 Å². The molecule has 4 heteroatoms. The molecule has 1 aromatic heterocycles. The highest BCUT2D eigenvalue weighted by atomic mass is 32.1. The highest BCUT2D eigenvalue weighted by Gasteiger charge is 2.18. The zero-order valence-electron chi connectivity index (χ0n) is 12.3. The van der Waals surface area contributed by atoms with Gasteiger partial charge in [0.05, 0.1) is 12.0 Å². The van der Waals surface area contributed by atoms with Crippen molar-refractivity contribution in [3.05, 3.63) is 45.6 Å². The second kappa shape index (κ2) is 6.20. The standard InChI is InChI=1S/C16H19NO2S/c1-5-14-13(12-9-7-6-8-11(12)2)10-15(20-14)16(18)17(3)19-4/h6-10H,5H2,1-4H3. The normalized spacial score (nSPS) is 10.6. The molecule has 0 spiro atoms. The summed E-state index contributed by atoms with van der Waals surface area (Å²) < 4.78 is 0. The van der Waals surface area contributed by atoms with Crippen LogP contribution in [0.2, 0.25) is 0 Å². The van der Waals surface area contributed by atoms with Gasteiger partial charge in [0.2, 0.25) is 0 Å². The summed E-state index contributed by atoms with van der Waals surface area (Å²) >= 11 is 1.54. The Kier molecular flexibility index (Phi) is 4.57. The van der Waals surface area contributed by atoms with Crippen molar-refractivity contribution < 1.29 is 9.63 Å². The largest absolute Gasteiger partial charge is 0.287 e. The van der Waals surface area contributed by atoms with Gasteiger partial charge in [0.1, 0.15) is 0 Å². The van der Waals surface area contributed by atoms with Crippen LogP contribution in [0.15, 0.2) is 30.3 Å². The van der Waals surface area contributed by atoms with Crippen molar-refractivity contribution in [2.45, 2.75) is 20.3 Å². The van der Waals surface area contributed by atoms with Gasteiger partial charge in [-0.05, 0) is 36.1 Å². The van der Waals surface area contributed by atoms with Gasteiger partial charge in [0.15, 0.2) is 0 Å². The number of hydroxylamine groups is 2. The van der Waals surface area contributed by atoms with E-state index in [4.69, 9.17) is 4.84 Å². The molecule has 0 aliphatic carbocycles. The molecule has 1 amide bonds. The van der Waals surface area contributed by atoms with E-state index >= 15 is 0 Å². The summed E-state index contributed by atoms with van der Waals surface area (Å²) in [4.78, 5) is 19.1. The SMILES string of the molecule is CCc1sc(C(=O)N(C)OC)cc1-c1ccccc1C. The predicted octanol–water partition coefficient (Wildman–Crippen LogP) is 3.92. The van der Waals surface area contributed by atoms with E-state index in [1.807, 2.05) is 18.2 Å². The lowest BCUT2D eigenvalue weighted by Gasteiger charge is -2.11. The Morgan fingerprint density at radius 3 is 2.60 bits per heavy atom. The van der Waals surface area contributed by atoms with Gasteiger partial charge in [-0.3, -0.25) is 9.63 Å². The maximum absolute atomic E-state index is 12.2. The average Bonchev–Trinajstić information content (AvgIpc) is 2.90. The lowest BCUT2D eigenvalue weighted by atomic mass is 10.0. The van der Waals surface area contributed by atoms with Crippen LogP contribution in [-0.4, -0.2) is 25.1 Å². The first-order chi connectivity index (χ1) is 9.58. The number of aryl methyl sites for hydroxylation is 2. The number of rotatable bonds is 4. The van der Waals surface area contributed by atoms with Gasteiger partial charge in [0, 0.05) is 11.9 Å². The summed E-state index contributed by atoms with van der Waals surface area (Å²) in [5.41, 5.74) is 3.57. The summed E-state index contributed by atoms with van der Waals surface area (Å²) in [5.74, 6) is -0.105. The van der Waals surface area contributed by atoms with Crippen LogP contribution < -0.4 is 0 Å². The lowest BCUT2D eigenvalue weighted by Crippen LogP contribution is -2.24. The smallest absolute Gasteiger partial charge is 0.274 e. The molecule has 2 aromatic rings. The lowest BCUT2D eigenvalue weighted by molar-refractivity contribution is -0.0753. The molecule has 0 saturated carbocycles. The molecule has 0 fully saturated rings. The maximum Gasteiger partial charge on any atom is 0.287 e. The second-order valence-electron chi connectivity index (χ2n) is 4.60. The number of thiophene rings is 1. The maximum atomic E-state index is 12.2. The summed E-state index contributed by atoms with van der Waals surface area (Å²) in [7, 11) is 3.12. The van der Waals surface area contributed by atoms with Crippen LogP contribution in [0.4, 0.5) is 0 Å². The monoisotopic (exact) mass is 289 g/mol. The minimum absolute atomic E-state index is 0.105. The minimum atomic E-state index is -0.105. The molecule has 0 unspecified atom stereocenters. The zero-order chi connectivity index (χ0) is 14.7. The van der Waals surface area contributed by atoms with E-state index < -0.39 is 0 Å². The molecule has 106 valence electrons. The molecule has 0 bridgehead atoms. The third-order valence-corrected chi connectivity index (χ3v) is 4.60. The van der Waals surface area contributed by atoms with Crippen LogP contribution in [0.25, 0.3) is 11.1 Å². The molecule has 0 N–H and O–H groups in total. The third-order valence-electron chi connectivity index (χ3n) is 3.34. The van der Waals surface area contributed by atoms with Crippen molar-refractivity contribution in [1.29, 1.82) is 0 Å². The van der Waals surface area contributed by atoms with Crippen LogP contribution in [0.5, 0.6) is 0 Å². The van der Waals surface area contributed by atoms with Crippen LogP contribution >= 0.6 is 11.3 Å². The topological polar surface area (TPSA) is 29.5 Å². The van der Waals surface area contributed by atoms with Crippen molar-refractivity contribution >= 4 is 17.2 Å². The van der Waals surface area contributed by atoms with E-state index in [1.165, 1.54) is 28.2 Å². The van der Waals surface area contributed by atoms with Crippen molar-refractivity contribution in [2.75, 3.05) is 14.2 Å². The Hall–Kier alpha value is -1.65. The molecule has 0 radical (unpaired) electrons. The van der Waals surface area contributed by atoms with E-state index in [0.717, 1.165) is 12.0 Å². The molecule has 0 atom stereocenters. The Morgan fingerprint density at radius 2 is 2.00 bits per heavy atom. The number of hydrogen-bond acceptors (Lipinski definition) is 3. The molecule has 0 aliphatic rings. The fourth-order valence-corrected chi connectivity index (χ4v) is 3.22. The molecule has 0 aliphatic heterocycles. The zero-order valence-corrected chi connectivity index (χ0v) is 13.1. The fraction of sp³-hybridized carbons (Fsp3) is 0.312. The van der Waals surface area contributed by atoms with Crippen molar-refractivity contribution in [3.8, 4) is 11.1 Å². The van der Waals surface area contributed by atoms with E-state index in [2.05, 4.69) is 26.0 Å². The van der Waals surface area contributed by atoms with Crippen molar-refractivity contribution in [3.63, 3.8) is 0 Å². The first-order valence-corrected chi connectivity index (χ1v) is 7.41. The van der Waals surface area contributed by atoms with Gasteiger partial charge in [-0.25, -0.2) is 5.06 Å². The first-order valence-electron chi connectivity index (χ1n) is 6.59. The van der Waals surface area contributed by atoms with Crippen molar-refractivity contribution in [2.24, 2.45) is 0 Å². The van der Waals surface area contributed by atoms with Gasteiger partial charge >= 0.3 is 0 Å². The van der Waals surface area contributed by atoms with Gasteiger partial charge in [-0.1, -0.05) is 31.2 Å². The number of carbonyl (C=O) groups excluding carboxylic acids is 1. The molecule has 1 heterocycles. The Bertz CT molecular complexity index is 619. The van der Waals surface area contributed by atoms with E-state index in [1.54, 1.807) is 18.4 Å². The van der Waals surface area contributed by atoms with Gasteiger partial charge in [-0.2, -0.15) is 0 Å². The number of nitrogens with zero attached hydrogens (tertiary/aromatic N) is 1. The molecule has 3 nitrogen and oxygen atoms in total. The van der Waals surface area contributed by atoms with Gasteiger partial charge in [0.25, 0.3) is 5.91 Å². The molecule has 20 heavy (non-hydrogen) atoms. The highest BCUT2D eigenvalue weighted by Crippen LogP contribution is 2.34. The Morgan fingerprint density at radius 1 is 1.30 bits per heavy atom. The van der Waals surface area contributed by atoms with Crippen LogP contribution in [0.1, 0.15) is 27.0 Å². The fourth-order valence-electron chi connectivity index (χ4n) is 2.14. The van der Waals surface area contributed by atoms with E-state index in [9.17, 15) is 4.79 Å². The molecular weight excluding hydrogens is 270 g/mol. The summed E-state index contributed by atoms with van der Waals surface area (Å²) in [5, 5.41) is 1.26. The summed E-state index contributed by atoms with van der Waals surface area (Å²) in [6.07, 6.45) is 0.915. The van der Waals surface area contributed by atoms with E-state index in [-0.39, 0.29) is 5.91 Å². The second-order valence-corrected chi connectivity index (χ2v) is 5.74. The molecule has 0 saturated heterocycles. The molecule has 2 rings (SSSR count). The Labute approximate surface area is 123 Å². The quantitative estimate of drug-likeness (QED) is 0.798. The third kappa shape index (κ3) is 2.76. The molecular formula is C16H19NO2S. The minimum Gasteiger partial charge on any atom is -0.274 e. The first kappa shape index (κ1) is 14.8. The highest BCUT2D eigenvalue weighted by molar-refractivity contribution is 7.14. The number of hydrogen-bond donors (Lipinski definition) is 0. The van der Waals surface area contributed by atoms with Crippen LogP contribution in [-0.2, 0) is 11.3 Å². The van der Waals surface area contributed by atoms with Crippen molar-refractivity contribution in [1.82, 2.24) is 5.06 Å². The molecule has 1 aromatic carbocycles. The number of carbonyl (C=O) groups is 1. The van der Waals surface area contributed by atoms with Gasteiger partial charge < -0.3 is 0 Å². The van der Waals surface area contributed by atoms with E-state index in [0.29, 0.717) is 4.88 Å². The number of amides is 1.